The average Bonchev–Trinajstić information content (AvgIpc) is 2.27. The van der Waals surface area contributed by atoms with E-state index >= 15 is 0 Å². The second-order valence-electron chi connectivity index (χ2n) is 3.71. The highest BCUT2D eigenvalue weighted by Gasteiger charge is 2.22. The van der Waals surface area contributed by atoms with E-state index in [1.165, 1.54) is 6.07 Å². The molecule has 0 radical (unpaired) electrons. The van der Waals surface area contributed by atoms with Crippen molar-refractivity contribution >= 4 is 15.9 Å². The van der Waals surface area contributed by atoms with E-state index in [1.54, 1.807) is 18.2 Å². The number of hydrogen-bond donors (Lipinski definition) is 1. The Balaban J connectivity index is 2.53. The SMILES string of the molecule is OC(c1ccccc1Br)c1c(F)cc(F)cc1F. The summed E-state index contributed by atoms with van der Waals surface area (Å²) in [5, 5.41) is 9.99. The summed E-state index contributed by atoms with van der Waals surface area (Å²) in [6, 6.07) is 7.58. The molecule has 1 N–H and O–H groups in total. The third-order valence-electron chi connectivity index (χ3n) is 2.52. The first-order chi connectivity index (χ1) is 8.50. The highest BCUT2D eigenvalue weighted by atomic mass is 79.9. The number of benzene rings is 2. The number of halogens is 4. The molecule has 0 bridgehead atoms. The third-order valence-corrected chi connectivity index (χ3v) is 3.24. The lowest BCUT2D eigenvalue weighted by Crippen LogP contribution is -2.07. The summed E-state index contributed by atoms with van der Waals surface area (Å²) in [5.74, 6) is -3.25. The molecule has 18 heavy (non-hydrogen) atoms. The monoisotopic (exact) mass is 316 g/mol. The summed E-state index contributed by atoms with van der Waals surface area (Å²) in [5.41, 5.74) is -0.259. The summed E-state index contributed by atoms with van der Waals surface area (Å²) in [7, 11) is 0. The van der Waals surface area contributed by atoms with Crippen LogP contribution in [0.5, 0.6) is 0 Å². The standard InChI is InChI=1S/C13H8BrF3O/c14-9-4-2-1-3-8(9)13(18)12-10(16)5-7(15)6-11(12)17/h1-6,13,18H. The summed E-state index contributed by atoms with van der Waals surface area (Å²) in [6.45, 7) is 0. The molecule has 0 saturated heterocycles. The lowest BCUT2D eigenvalue weighted by Gasteiger charge is -2.14. The molecule has 5 heteroatoms. The molecule has 0 amide bonds. The number of hydrogen-bond acceptors (Lipinski definition) is 1. The van der Waals surface area contributed by atoms with Crippen molar-refractivity contribution in [3.05, 3.63) is 69.4 Å². The van der Waals surface area contributed by atoms with Gasteiger partial charge >= 0.3 is 0 Å². The highest BCUT2D eigenvalue weighted by Crippen LogP contribution is 2.31. The van der Waals surface area contributed by atoms with Crippen LogP contribution >= 0.6 is 15.9 Å². The molecule has 0 aliphatic rings. The van der Waals surface area contributed by atoms with Gasteiger partial charge < -0.3 is 5.11 Å². The van der Waals surface area contributed by atoms with E-state index in [9.17, 15) is 18.3 Å². The van der Waals surface area contributed by atoms with Gasteiger partial charge in [-0.1, -0.05) is 34.1 Å². The Kier molecular flexibility index (Phi) is 3.73. The largest absolute Gasteiger partial charge is 0.383 e. The summed E-state index contributed by atoms with van der Waals surface area (Å²) >= 11 is 3.18. The number of rotatable bonds is 2. The molecule has 0 saturated carbocycles. The van der Waals surface area contributed by atoms with Crippen molar-refractivity contribution in [1.82, 2.24) is 0 Å². The Bertz CT molecular complexity index is 563. The van der Waals surface area contributed by atoms with Gasteiger partial charge in [0.25, 0.3) is 0 Å². The molecule has 0 fully saturated rings. The minimum absolute atomic E-state index is 0.307. The zero-order valence-corrected chi connectivity index (χ0v) is 10.6. The Labute approximate surface area is 110 Å². The van der Waals surface area contributed by atoms with Gasteiger partial charge in [-0.2, -0.15) is 0 Å². The van der Waals surface area contributed by atoms with Crippen LogP contribution in [0.3, 0.4) is 0 Å². The van der Waals surface area contributed by atoms with Gasteiger partial charge in [-0.3, -0.25) is 0 Å². The molecular formula is C13H8BrF3O. The second-order valence-corrected chi connectivity index (χ2v) is 4.56. The van der Waals surface area contributed by atoms with E-state index in [2.05, 4.69) is 15.9 Å². The molecule has 0 aliphatic carbocycles. The maximum atomic E-state index is 13.5. The van der Waals surface area contributed by atoms with Gasteiger partial charge in [0.05, 0.1) is 5.56 Å². The Hall–Kier alpha value is -1.33. The van der Waals surface area contributed by atoms with Gasteiger partial charge in [0.2, 0.25) is 0 Å². The quantitative estimate of drug-likeness (QED) is 0.889. The zero-order chi connectivity index (χ0) is 13.3. The molecule has 0 aromatic heterocycles. The lowest BCUT2D eigenvalue weighted by atomic mass is 10.0. The van der Waals surface area contributed by atoms with Crippen LogP contribution < -0.4 is 0 Å². The van der Waals surface area contributed by atoms with Crippen molar-refractivity contribution in [1.29, 1.82) is 0 Å². The van der Waals surface area contributed by atoms with Gasteiger partial charge in [-0.25, -0.2) is 13.2 Å². The number of aliphatic hydroxyl groups excluding tert-OH is 1. The fourth-order valence-electron chi connectivity index (χ4n) is 1.67. The summed E-state index contributed by atoms with van der Waals surface area (Å²) < 4.78 is 40.3. The minimum Gasteiger partial charge on any atom is -0.383 e. The predicted octanol–water partition coefficient (Wildman–Crippen LogP) is 3.95. The maximum Gasteiger partial charge on any atom is 0.135 e. The molecule has 1 unspecified atom stereocenters. The Morgan fingerprint density at radius 3 is 2.11 bits per heavy atom. The van der Waals surface area contributed by atoms with E-state index in [-0.39, 0.29) is 0 Å². The maximum absolute atomic E-state index is 13.5. The average molecular weight is 317 g/mol. The summed E-state index contributed by atoms with van der Waals surface area (Å²) in [6.07, 6.45) is -1.50. The highest BCUT2D eigenvalue weighted by molar-refractivity contribution is 9.10. The predicted molar refractivity (Wildman–Crippen MR) is 64.5 cm³/mol. The van der Waals surface area contributed by atoms with Gasteiger partial charge in [0, 0.05) is 16.6 Å². The fraction of sp³-hybridized carbons (Fsp3) is 0.0769. The van der Waals surface area contributed by atoms with E-state index in [0.717, 1.165) is 0 Å². The Morgan fingerprint density at radius 2 is 1.56 bits per heavy atom. The van der Waals surface area contributed by atoms with Gasteiger partial charge in [0.1, 0.15) is 23.6 Å². The molecule has 94 valence electrons. The van der Waals surface area contributed by atoms with Crippen LogP contribution in [0, 0.1) is 17.5 Å². The van der Waals surface area contributed by atoms with Gasteiger partial charge in [0.15, 0.2) is 0 Å². The first-order valence-electron chi connectivity index (χ1n) is 5.07. The van der Waals surface area contributed by atoms with Crippen LogP contribution in [-0.4, -0.2) is 5.11 Å². The summed E-state index contributed by atoms with van der Waals surface area (Å²) in [4.78, 5) is 0. The van der Waals surface area contributed by atoms with Crippen molar-refractivity contribution < 1.29 is 18.3 Å². The fourth-order valence-corrected chi connectivity index (χ4v) is 2.17. The molecule has 1 nitrogen and oxygen atoms in total. The van der Waals surface area contributed by atoms with Crippen molar-refractivity contribution in [3.8, 4) is 0 Å². The molecule has 0 heterocycles. The third kappa shape index (κ3) is 2.42. The smallest absolute Gasteiger partial charge is 0.135 e. The molecule has 1 atom stereocenters. The van der Waals surface area contributed by atoms with Crippen LogP contribution in [0.15, 0.2) is 40.9 Å². The molecule has 0 aliphatic heterocycles. The molecule has 2 aromatic rings. The number of aliphatic hydroxyl groups is 1. The van der Waals surface area contributed by atoms with E-state index < -0.39 is 29.1 Å². The lowest BCUT2D eigenvalue weighted by molar-refractivity contribution is 0.208. The van der Waals surface area contributed by atoms with Crippen LogP contribution in [0.25, 0.3) is 0 Å². The zero-order valence-electron chi connectivity index (χ0n) is 9.00. The molecular weight excluding hydrogens is 309 g/mol. The molecule has 2 aromatic carbocycles. The van der Waals surface area contributed by atoms with Crippen molar-refractivity contribution in [2.24, 2.45) is 0 Å². The van der Waals surface area contributed by atoms with Crippen LogP contribution in [-0.2, 0) is 0 Å². The van der Waals surface area contributed by atoms with Gasteiger partial charge in [-0.05, 0) is 11.6 Å². The van der Waals surface area contributed by atoms with Crippen molar-refractivity contribution in [3.63, 3.8) is 0 Å². The van der Waals surface area contributed by atoms with Crippen LogP contribution in [0.4, 0.5) is 13.2 Å². The first kappa shape index (κ1) is 13.1. The topological polar surface area (TPSA) is 20.2 Å². The van der Waals surface area contributed by atoms with Crippen LogP contribution in [0.2, 0.25) is 0 Å². The Morgan fingerprint density at radius 1 is 1.00 bits per heavy atom. The first-order valence-corrected chi connectivity index (χ1v) is 5.87. The van der Waals surface area contributed by atoms with E-state index in [4.69, 9.17) is 0 Å². The van der Waals surface area contributed by atoms with Crippen molar-refractivity contribution in [2.45, 2.75) is 6.10 Å². The van der Waals surface area contributed by atoms with Crippen molar-refractivity contribution in [2.75, 3.05) is 0 Å². The van der Waals surface area contributed by atoms with Gasteiger partial charge in [-0.15, -0.1) is 0 Å². The molecule has 2 rings (SSSR count). The normalized spacial score (nSPS) is 12.5. The van der Waals surface area contributed by atoms with E-state index in [0.29, 0.717) is 22.2 Å². The van der Waals surface area contributed by atoms with Crippen LogP contribution in [0.1, 0.15) is 17.2 Å². The second kappa shape index (κ2) is 5.12. The van der Waals surface area contributed by atoms with E-state index in [1.807, 2.05) is 0 Å². The molecule has 0 spiro atoms. The minimum atomic E-state index is -1.50.